The fourth-order valence-corrected chi connectivity index (χ4v) is 3.96. The third-order valence-electron chi connectivity index (χ3n) is 6.56. The summed E-state index contributed by atoms with van der Waals surface area (Å²) in [5.41, 5.74) is 1.88. The van der Waals surface area contributed by atoms with Crippen molar-refractivity contribution in [3.8, 4) is 0 Å². The van der Waals surface area contributed by atoms with Gasteiger partial charge in [0.25, 0.3) is 0 Å². The van der Waals surface area contributed by atoms with E-state index in [0.717, 1.165) is 5.92 Å². The summed E-state index contributed by atoms with van der Waals surface area (Å²) in [5.74, 6) is 0.838. The van der Waals surface area contributed by atoms with E-state index in [9.17, 15) is 0 Å². The van der Waals surface area contributed by atoms with Gasteiger partial charge in [-0.3, -0.25) is 0 Å². The molecule has 0 aromatic heterocycles. The molecule has 2 aliphatic heterocycles. The highest BCUT2D eigenvalue weighted by molar-refractivity contribution is 6.47. The van der Waals surface area contributed by atoms with Crippen molar-refractivity contribution in [1.82, 2.24) is 4.90 Å². The largest absolute Gasteiger partial charge is 0.427 e. The molecule has 1 aromatic rings. The lowest BCUT2D eigenvalue weighted by atomic mass is 9.82. The smallest absolute Gasteiger partial charge is 0.309 e. The van der Waals surface area contributed by atoms with E-state index in [2.05, 4.69) is 68.8 Å². The lowest BCUT2D eigenvalue weighted by Gasteiger charge is -2.40. The zero-order valence-corrected chi connectivity index (χ0v) is 16.7. The van der Waals surface area contributed by atoms with Gasteiger partial charge in [0.2, 0.25) is 0 Å². The van der Waals surface area contributed by atoms with Crippen LogP contribution >= 0.6 is 0 Å². The minimum absolute atomic E-state index is 0.327. The van der Waals surface area contributed by atoms with Crippen LogP contribution in [-0.4, -0.2) is 63.4 Å². The molecule has 2 atom stereocenters. The molecule has 0 bridgehead atoms. The second-order valence-corrected chi connectivity index (χ2v) is 8.71. The van der Waals surface area contributed by atoms with Gasteiger partial charge in [0.05, 0.1) is 11.2 Å². The molecule has 0 spiro atoms. The number of anilines is 1. The standard InChI is InChI=1S/C20H33BN2O2/c1-19(2,24-6)20(3,4)25-21-16-7-9-17(10-8-16)23-12-11-15-13-22(5)14-18(15)23/h7-10,15,18,21H,11-14H2,1-6H3/t15-,18+/m1/s1. The summed E-state index contributed by atoms with van der Waals surface area (Å²) >= 11 is 0. The van der Waals surface area contributed by atoms with E-state index < -0.39 is 0 Å². The lowest BCUT2D eigenvalue weighted by Crippen LogP contribution is -2.50. The van der Waals surface area contributed by atoms with Gasteiger partial charge < -0.3 is 19.2 Å². The first-order chi connectivity index (χ1) is 11.7. The van der Waals surface area contributed by atoms with E-state index in [0.29, 0.717) is 13.5 Å². The van der Waals surface area contributed by atoms with Crippen LogP contribution in [0.1, 0.15) is 34.1 Å². The van der Waals surface area contributed by atoms with E-state index in [4.69, 9.17) is 9.39 Å². The average molecular weight is 344 g/mol. The maximum Gasteiger partial charge on any atom is 0.309 e. The number of fused-ring (bicyclic) bond motifs is 1. The second kappa shape index (κ2) is 6.94. The topological polar surface area (TPSA) is 24.9 Å². The minimum Gasteiger partial charge on any atom is -0.427 e. The van der Waals surface area contributed by atoms with E-state index in [1.54, 1.807) is 7.11 Å². The van der Waals surface area contributed by atoms with Crippen molar-refractivity contribution in [3.63, 3.8) is 0 Å². The fourth-order valence-electron chi connectivity index (χ4n) is 3.96. The molecule has 3 rings (SSSR count). The van der Waals surface area contributed by atoms with Gasteiger partial charge in [-0.15, -0.1) is 0 Å². The van der Waals surface area contributed by atoms with Crippen LogP contribution in [0.4, 0.5) is 5.69 Å². The van der Waals surface area contributed by atoms with Gasteiger partial charge in [0, 0.05) is 38.5 Å². The first-order valence-corrected chi connectivity index (χ1v) is 9.47. The highest BCUT2D eigenvalue weighted by Gasteiger charge is 2.40. The highest BCUT2D eigenvalue weighted by Crippen LogP contribution is 2.34. The number of rotatable bonds is 6. The third-order valence-corrected chi connectivity index (χ3v) is 6.56. The molecule has 1 aromatic carbocycles. The molecule has 0 saturated carbocycles. The van der Waals surface area contributed by atoms with Crippen molar-refractivity contribution >= 4 is 18.6 Å². The number of likely N-dealkylation sites (tertiary alicyclic amines) is 1. The molecule has 25 heavy (non-hydrogen) atoms. The molecular weight excluding hydrogens is 311 g/mol. The Kier molecular flexibility index (Phi) is 5.20. The van der Waals surface area contributed by atoms with E-state index >= 15 is 0 Å². The summed E-state index contributed by atoms with van der Waals surface area (Å²) in [6, 6.07) is 9.62. The van der Waals surface area contributed by atoms with Gasteiger partial charge in [-0.05, 0) is 59.2 Å². The van der Waals surface area contributed by atoms with E-state index in [1.165, 1.54) is 37.2 Å². The van der Waals surface area contributed by atoms with Gasteiger partial charge in [-0.1, -0.05) is 17.6 Å². The van der Waals surface area contributed by atoms with Crippen molar-refractivity contribution < 1.29 is 9.39 Å². The molecule has 2 aliphatic rings. The van der Waals surface area contributed by atoms with E-state index in [-0.39, 0.29) is 11.2 Å². The Morgan fingerprint density at radius 1 is 1.04 bits per heavy atom. The Hall–Kier alpha value is -1.04. The summed E-state index contributed by atoms with van der Waals surface area (Å²) in [4.78, 5) is 5.06. The van der Waals surface area contributed by atoms with Gasteiger partial charge in [-0.2, -0.15) is 0 Å². The fraction of sp³-hybridized carbons (Fsp3) is 0.700. The van der Waals surface area contributed by atoms with Gasteiger partial charge in [0.1, 0.15) is 0 Å². The molecule has 5 heteroatoms. The normalized spacial score (nSPS) is 24.6. The highest BCUT2D eigenvalue weighted by atomic mass is 16.5. The van der Waals surface area contributed by atoms with E-state index in [1.807, 2.05) is 0 Å². The Bertz CT molecular complexity index is 588. The Labute approximate surface area is 153 Å². The summed E-state index contributed by atoms with van der Waals surface area (Å²) in [6.07, 6.45) is 1.32. The molecule has 0 unspecified atom stereocenters. The molecule has 0 N–H and O–H groups in total. The van der Waals surface area contributed by atoms with Crippen molar-refractivity contribution in [2.75, 3.05) is 38.7 Å². The van der Waals surface area contributed by atoms with Crippen LogP contribution in [0.2, 0.25) is 0 Å². The van der Waals surface area contributed by atoms with Gasteiger partial charge in [0.15, 0.2) is 0 Å². The lowest BCUT2D eigenvalue weighted by molar-refractivity contribution is -0.114. The summed E-state index contributed by atoms with van der Waals surface area (Å²) in [5, 5.41) is 0. The maximum absolute atomic E-state index is 6.17. The summed E-state index contributed by atoms with van der Waals surface area (Å²) in [6.45, 7) is 11.9. The Morgan fingerprint density at radius 3 is 2.36 bits per heavy atom. The SMILES string of the molecule is COC(C)(C)C(C)(C)OBc1ccc(N2CC[C@@H]3CN(C)C[C@@H]32)cc1. The molecule has 0 amide bonds. The van der Waals surface area contributed by atoms with Crippen molar-refractivity contribution in [3.05, 3.63) is 24.3 Å². The quantitative estimate of drug-likeness (QED) is 0.738. The zero-order chi connectivity index (χ0) is 18.2. The second-order valence-electron chi connectivity index (χ2n) is 8.71. The third kappa shape index (κ3) is 3.74. The number of nitrogens with zero attached hydrogens (tertiary/aromatic N) is 2. The van der Waals surface area contributed by atoms with Crippen molar-refractivity contribution in [2.24, 2.45) is 5.92 Å². The van der Waals surface area contributed by atoms with Gasteiger partial charge in [-0.25, -0.2) is 0 Å². The van der Waals surface area contributed by atoms with Crippen LogP contribution in [0.3, 0.4) is 0 Å². The number of ether oxygens (including phenoxy) is 1. The number of likely N-dealkylation sites (N-methyl/N-ethyl adjacent to an activating group) is 1. The molecule has 2 saturated heterocycles. The van der Waals surface area contributed by atoms with Crippen LogP contribution < -0.4 is 10.4 Å². The van der Waals surface area contributed by atoms with Crippen molar-refractivity contribution in [1.29, 1.82) is 0 Å². The van der Waals surface area contributed by atoms with Crippen LogP contribution in [0, 0.1) is 5.92 Å². The Balaban J connectivity index is 1.61. The van der Waals surface area contributed by atoms with Crippen molar-refractivity contribution in [2.45, 2.75) is 51.4 Å². The van der Waals surface area contributed by atoms with Crippen LogP contribution in [0.5, 0.6) is 0 Å². The first kappa shape index (κ1) is 18.7. The minimum atomic E-state index is -0.350. The maximum atomic E-state index is 6.17. The molecule has 0 radical (unpaired) electrons. The molecule has 4 nitrogen and oxygen atoms in total. The predicted octanol–water partition coefficient (Wildman–Crippen LogP) is 2.02. The van der Waals surface area contributed by atoms with Gasteiger partial charge >= 0.3 is 7.48 Å². The number of methoxy groups -OCH3 is 1. The average Bonchev–Trinajstić information content (AvgIpc) is 3.12. The predicted molar refractivity (Wildman–Crippen MR) is 106 cm³/mol. The molecule has 2 fully saturated rings. The first-order valence-electron chi connectivity index (χ1n) is 9.47. The zero-order valence-electron chi connectivity index (χ0n) is 16.7. The summed E-state index contributed by atoms with van der Waals surface area (Å²) < 4.78 is 11.8. The number of hydrogen-bond donors (Lipinski definition) is 0. The number of benzene rings is 1. The molecule has 138 valence electrons. The van der Waals surface area contributed by atoms with Crippen LogP contribution in [-0.2, 0) is 9.39 Å². The summed E-state index contributed by atoms with van der Waals surface area (Å²) in [7, 11) is 4.58. The van der Waals surface area contributed by atoms with Crippen LogP contribution in [0.15, 0.2) is 24.3 Å². The molecule has 2 heterocycles. The van der Waals surface area contributed by atoms with Crippen LogP contribution in [0.25, 0.3) is 0 Å². The Morgan fingerprint density at radius 2 is 1.72 bits per heavy atom. The monoisotopic (exact) mass is 344 g/mol. The molecule has 0 aliphatic carbocycles. The number of hydrogen-bond acceptors (Lipinski definition) is 4. The molecular formula is C20H33BN2O2.